The molecule has 0 aromatic carbocycles. The zero-order valence-corrected chi connectivity index (χ0v) is 11.4. The van der Waals surface area contributed by atoms with Crippen LogP contribution in [0.15, 0.2) is 12.4 Å². The minimum Gasteiger partial charge on any atom is -0.347 e. The first-order chi connectivity index (χ1) is 8.08. The van der Waals surface area contributed by atoms with Gasteiger partial charge in [0.25, 0.3) is 0 Å². The average molecular weight is 250 g/mol. The topological polar surface area (TPSA) is 53.6 Å². The first-order valence-corrected chi connectivity index (χ1v) is 6.59. The summed E-state index contributed by atoms with van der Waals surface area (Å²) in [6.07, 6.45) is 3.63. The van der Waals surface area contributed by atoms with Gasteiger partial charge in [0.2, 0.25) is 0 Å². The lowest BCUT2D eigenvalue weighted by Gasteiger charge is -2.17. The number of H-pyrrole nitrogens is 1. The van der Waals surface area contributed by atoms with Crippen LogP contribution in [0.3, 0.4) is 0 Å². The third-order valence-electron chi connectivity index (χ3n) is 2.76. The van der Waals surface area contributed by atoms with Crippen LogP contribution >= 0.6 is 11.3 Å². The highest BCUT2D eigenvalue weighted by Crippen LogP contribution is 2.26. The summed E-state index contributed by atoms with van der Waals surface area (Å²) in [4.78, 5) is 13.2. The van der Waals surface area contributed by atoms with E-state index in [2.05, 4.69) is 41.0 Å². The number of aryl methyl sites for hydroxylation is 2. The highest BCUT2D eigenvalue weighted by molar-refractivity contribution is 7.11. The number of rotatable bonds is 4. The van der Waals surface area contributed by atoms with Crippen LogP contribution in [0.25, 0.3) is 0 Å². The zero-order valence-electron chi connectivity index (χ0n) is 10.6. The van der Waals surface area contributed by atoms with E-state index < -0.39 is 0 Å². The molecule has 0 fully saturated rings. The van der Waals surface area contributed by atoms with Crippen molar-refractivity contribution in [2.75, 3.05) is 0 Å². The maximum absolute atomic E-state index is 4.46. The maximum Gasteiger partial charge on any atom is 0.122 e. The summed E-state index contributed by atoms with van der Waals surface area (Å²) in [6, 6.07) is 0.503. The van der Waals surface area contributed by atoms with Crippen LogP contribution in [0, 0.1) is 13.8 Å². The molecule has 0 saturated heterocycles. The quantitative estimate of drug-likeness (QED) is 0.877. The minimum absolute atomic E-state index is 0.210. The molecule has 0 amide bonds. The van der Waals surface area contributed by atoms with E-state index in [1.54, 1.807) is 17.5 Å². The van der Waals surface area contributed by atoms with Gasteiger partial charge in [-0.25, -0.2) is 9.97 Å². The summed E-state index contributed by atoms with van der Waals surface area (Å²) in [6.45, 7) is 8.39. The number of nitrogens with one attached hydrogen (secondary N) is 2. The Bertz CT molecular complexity index is 475. The van der Waals surface area contributed by atoms with Crippen LogP contribution in [-0.4, -0.2) is 15.0 Å². The highest BCUT2D eigenvalue weighted by Gasteiger charge is 2.16. The molecular weight excluding hydrogens is 232 g/mol. The molecule has 2 aromatic rings. The Hall–Kier alpha value is -1.20. The second-order valence-corrected chi connectivity index (χ2v) is 5.50. The fourth-order valence-electron chi connectivity index (χ4n) is 1.99. The van der Waals surface area contributed by atoms with E-state index in [0.717, 1.165) is 16.5 Å². The molecule has 5 heteroatoms. The van der Waals surface area contributed by atoms with Crippen LogP contribution in [0.2, 0.25) is 0 Å². The molecule has 2 heterocycles. The number of hydrogen-bond donors (Lipinski definition) is 2. The van der Waals surface area contributed by atoms with Crippen LogP contribution in [0.4, 0.5) is 0 Å². The lowest BCUT2D eigenvalue weighted by molar-refractivity contribution is 0.482. The molecule has 2 unspecified atom stereocenters. The van der Waals surface area contributed by atoms with E-state index in [1.807, 2.05) is 13.1 Å². The summed E-state index contributed by atoms with van der Waals surface area (Å²) in [5, 5.41) is 4.65. The van der Waals surface area contributed by atoms with Gasteiger partial charge < -0.3 is 10.3 Å². The van der Waals surface area contributed by atoms with Crippen LogP contribution in [0.5, 0.6) is 0 Å². The van der Waals surface area contributed by atoms with Gasteiger partial charge in [-0.1, -0.05) is 0 Å². The molecule has 2 aromatic heterocycles. The zero-order chi connectivity index (χ0) is 12.4. The summed E-state index contributed by atoms with van der Waals surface area (Å²) in [5.74, 6) is 0.968. The molecule has 0 aliphatic carbocycles. The summed E-state index contributed by atoms with van der Waals surface area (Å²) in [5.41, 5.74) is 1.12. The largest absolute Gasteiger partial charge is 0.347 e. The second kappa shape index (κ2) is 4.98. The Labute approximate surface area is 106 Å². The van der Waals surface area contributed by atoms with Crippen molar-refractivity contribution in [1.82, 2.24) is 20.3 Å². The van der Waals surface area contributed by atoms with Crippen molar-refractivity contribution in [3.05, 3.63) is 33.8 Å². The molecular formula is C12H18N4S. The van der Waals surface area contributed by atoms with Gasteiger partial charge in [-0.15, -0.1) is 11.3 Å². The van der Waals surface area contributed by atoms with Crippen molar-refractivity contribution < 1.29 is 0 Å². The van der Waals surface area contributed by atoms with Crippen LogP contribution in [0.1, 0.15) is 47.3 Å². The Morgan fingerprint density at radius 2 is 2.06 bits per heavy atom. The van der Waals surface area contributed by atoms with Crippen LogP contribution in [-0.2, 0) is 0 Å². The van der Waals surface area contributed by atoms with Crippen molar-refractivity contribution in [3.8, 4) is 0 Å². The Kier molecular flexibility index (Phi) is 3.59. The fraction of sp³-hybridized carbons (Fsp3) is 0.500. The molecule has 0 aliphatic heterocycles. The van der Waals surface area contributed by atoms with Gasteiger partial charge in [0.05, 0.1) is 16.7 Å². The summed E-state index contributed by atoms with van der Waals surface area (Å²) >= 11 is 1.76. The normalized spacial score (nSPS) is 14.8. The van der Waals surface area contributed by atoms with E-state index in [0.29, 0.717) is 6.04 Å². The van der Waals surface area contributed by atoms with Crippen molar-refractivity contribution in [3.63, 3.8) is 0 Å². The first-order valence-electron chi connectivity index (χ1n) is 5.77. The number of nitrogens with zero attached hydrogens (tertiary/aromatic N) is 2. The van der Waals surface area contributed by atoms with Gasteiger partial charge in [0, 0.05) is 23.3 Å². The molecule has 0 spiro atoms. The Balaban J connectivity index is 2.06. The molecule has 2 rings (SSSR count). The van der Waals surface area contributed by atoms with E-state index >= 15 is 0 Å². The van der Waals surface area contributed by atoms with E-state index in [1.165, 1.54) is 4.88 Å². The number of hydrogen-bond acceptors (Lipinski definition) is 4. The molecule has 17 heavy (non-hydrogen) atoms. The van der Waals surface area contributed by atoms with E-state index in [-0.39, 0.29) is 6.04 Å². The predicted octanol–water partition coefficient (Wildman–Crippen LogP) is 2.89. The molecule has 0 radical (unpaired) electrons. The smallest absolute Gasteiger partial charge is 0.122 e. The molecule has 0 saturated carbocycles. The number of aromatic amines is 1. The Morgan fingerprint density at radius 3 is 2.59 bits per heavy atom. The molecule has 0 bridgehead atoms. The third kappa shape index (κ3) is 2.73. The van der Waals surface area contributed by atoms with E-state index in [9.17, 15) is 0 Å². The van der Waals surface area contributed by atoms with E-state index in [4.69, 9.17) is 0 Å². The molecule has 4 nitrogen and oxygen atoms in total. The first kappa shape index (κ1) is 12.3. The van der Waals surface area contributed by atoms with Gasteiger partial charge >= 0.3 is 0 Å². The van der Waals surface area contributed by atoms with Crippen molar-refractivity contribution in [2.24, 2.45) is 0 Å². The van der Waals surface area contributed by atoms with Gasteiger partial charge in [-0.3, -0.25) is 0 Å². The standard InChI is InChI=1S/C12H18N4S/c1-7(11-8(2)16-10(4)17-11)15-9(3)12-13-5-6-14-12/h5-7,9,15H,1-4H3,(H,13,14). The maximum atomic E-state index is 4.46. The summed E-state index contributed by atoms with van der Waals surface area (Å²) in [7, 11) is 0. The van der Waals surface area contributed by atoms with Crippen molar-refractivity contribution in [2.45, 2.75) is 39.8 Å². The monoisotopic (exact) mass is 250 g/mol. The lowest BCUT2D eigenvalue weighted by Crippen LogP contribution is -2.23. The molecule has 2 atom stereocenters. The predicted molar refractivity (Wildman–Crippen MR) is 70.1 cm³/mol. The van der Waals surface area contributed by atoms with Gasteiger partial charge in [0.15, 0.2) is 0 Å². The molecule has 0 aliphatic rings. The summed E-state index contributed by atoms with van der Waals surface area (Å²) < 4.78 is 0. The number of imidazole rings is 1. The highest BCUT2D eigenvalue weighted by atomic mass is 32.1. The molecule has 92 valence electrons. The fourth-order valence-corrected chi connectivity index (χ4v) is 2.93. The average Bonchev–Trinajstić information content (AvgIpc) is 2.87. The second-order valence-electron chi connectivity index (χ2n) is 4.27. The van der Waals surface area contributed by atoms with Crippen LogP contribution < -0.4 is 5.32 Å². The van der Waals surface area contributed by atoms with Crippen molar-refractivity contribution >= 4 is 11.3 Å². The SMILES string of the molecule is Cc1nc(C)c(C(C)NC(C)c2ncc[nH]2)s1. The molecule has 2 N–H and O–H groups in total. The Morgan fingerprint density at radius 1 is 1.29 bits per heavy atom. The van der Waals surface area contributed by atoms with Gasteiger partial charge in [-0.05, 0) is 27.7 Å². The number of aromatic nitrogens is 3. The third-order valence-corrected chi connectivity index (χ3v) is 4.02. The lowest BCUT2D eigenvalue weighted by atomic mass is 10.2. The number of thiazole rings is 1. The van der Waals surface area contributed by atoms with Crippen molar-refractivity contribution in [1.29, 1.82) is 0 Å². The minimum atomic E-state index is 0.210. The van der Waals surface area contributed by atoms with Gasteiger partial charge in [-0.2, -0.15) is 0 Å². The van der Waals surface area contributed by atoms with Gasteiger partial charge in [0.1, 0.15) is 5.82 Å².